The Bertz CT molecular complexity index is 384. The van der Waals surface area contributed by atoms with Crippen molar-refractivity contribution in [2.24, 2.45) is 5.92 Å². The molecule has 88 valence electrons. The Morgan fingerprint density at radius 3 is 2.50 bits per heavy atom. The smallest absolute Gasteiger partial charge is 0.159 e. The summed E-state index contributed by atoms with van der Waals surface area (Å²) in [6.45, 7) is 1.66. The van der Waals surface area contributed by atoms with Gasteiger partial charge in [0.25, 0.3) is 0 Å². The van der Waals surface area contributed by atoms with E-state index in [1.807, 2.05) is 0 Å². The van der Waals surface area contributed by atoms with Crippen molar-refractivity contribution < 1.29 is 13.9 Å². The molecule has 0 saturated heterocycles. The highest BCUT2D eigenvalue weighted by molar-refractivity contribution is 5.23. The van der Waals surface area contributed by atoms with Crippen LogP contribution < -0.4 is 0 Å². The highest BCUT2D eigenvalue weighted by Crippen LogP contribution is 2.38. The third-order valence-corrected chi connectivity index (χ3v) is 3.45. The summed E-state index contributed by atoms with van der Waals surface area (Å²) >= 11 is 0. The van der Waals surface area contributed by atoms with Gasteiger partial charge in [0, 0.05) is 0 Å². The van der Waals surface area contributed by atoms with E-state index in [1.54, 1.807) is 6.92 Å². The van der Waals surface area contributed by atoms with Crippen LogP contribution in [-0.4, -0.2) is 5.11 Å². The van der Waals surface area contributed by atoms with Gasteiger partial charge in [-0.3, -0.25) is 0 Å². The first-order valence-corrected chi connectivity index (χ1v) is 5.67. The first-order chi connectivity index (χ1) is 7.49. The molecule has 0 aromatic heterocycles. The molecule has 0 amide bonds. The van der Waals surface area contributed by atoms with Gasteiger partial charge in [0.05, 0.1) is 5.60 Å². The maximum atomic E-state index is 13.1. The molecule has 1 fully saturated rings. The number of benzene rings is 1. The minimum Gasteiger partial charge on any atom is -0.385 e. The summed E-state index contributed by atoms with van der Waals surface area (Å²) in [7, 11) is 0. The molecule has 1 aromatic rings. The Kier molecular flexibility index (Phi) is 2.98. The molecule has 3 heteroatoms. The van der Waals surface area contributed by atoms with Crippen LogP contribution in [0.4, 0.5) is 8.78 Å². The highest BCUT2D eigenvalue weighted by Gasteiger charge is 2.30. The minimum absolute atomic E-state index is 0.457. The van der Waals surface area contributed by atoms with Crippen molar-refractivity contribution in [1.29, 1.82) is 0 Å². The number of rotatable bonds is 3. The molecule has 0 spiro atoms. The van der Waals surface area contributed by atoms with Gasteiger partial charge < -0.3 is 5.11 Å². The fourth-order valence-electron chi connectivity index (χ4n) is 2.21. The lowest BCUT2D eigenvalue weighted by atomic mass is 9.76. The Morgan fingerprint density at radius 2 is 2.00 bits per heavy atom. The molecule has 0 bridgehead atoms. The molecule has 1 saturated carbocycles. The maximum Gasteiger partial charge on any atom is 0.159 e. The molecular weight excluding hydrogens is 210 g/mol. The lowest BCUT2D eigenvalue weighted by Crippen LogP contribution is -2.28. The molecule has 1 unspecified atom stereocenters. The lowest BCUT2D eigenvalue weighted by molar-refractivity contribution is 0.0158. The van der Waals surface area contributed by atoms with E-state index in [0.29, 0.717) is 17.9 Å². The Labute approximate surface area is 94.1 Å². The lowest BCUT2D eigenvalue weighted by Gasteiger charge is -2.33. The summed E-state index contributed by atoms with van der Waals surface area (Å²) in [6, 6.07) is 3.62. The van der Waals surface area contributed by atoms with Gasteiger partial charge in [-0.25, -0.2) is 8.78 Å². The number of halogens is 2. The van der Waals surface area contributed by atoms with Gasteiger partial charge in [-0.1, -0.05) is 25.3 Å². The second-order valence-electron chi connectivity index (χ2n) is 4.90. The highest BCUT2D eigenvalue weighted by atomic mass is 19.2. The van der Waals surface area contributed by atoms with Gasteiger partial charge in [0.2, 0.25) is 0 Å². The number of hydrogen-bond donors (Lipinski definition) is 1. The quantitative estimate of drug-likeness (QED) is 0.837. The van der Waals surface area contributed by atoms with Crippen LogP contribution in [0.5, 0.6) is 0 Å². The summed E-state index contributed by atoms with van der Waals surface area (Å²) in [6.07, 6.45) is 4.08. The van der Waals surface area contributed by atoms with Crippen LogP contribution in [0, 0.1) is 17.6 Å². The molecule has 1 N–H and O–H groups in total. The van der Waals surface area contributed by atoms with Crippen molar-refractivity contribution >= 4 is 0 Å². The molecule has 0 radical (unpaired) electrons. The summed E-state index contributed by atoms with van der Waals surface area (Å²) < 4.78 is 25.8. The average Bonchev–Trinajstić information content (AvgIpc) is 2.16. The molecule has 0 heterocycles. The van der Waals surface area contributed by atoms with E-state index in [-0.39, 0.29) is 0 Å². The SMILES string of the molecule is CC(O)(CC1CCC1)c1ccc(F)c(F)c1. The molecular formula is C13H16F2O. The third kappa shape index (κ3) is 2.24. The standard InChI is InChI=1S/C13H16F2O/c1-13(16,8-9-3-2-4-9)10-5-6-11(14)12(15)7-10/h5-7,9,16H,2-4,8H2,1H3. The minimum atomic E-state index is -1.06. The maximum absolute atomic E-state index is 13.1. The van der Waals surface area contributed by atoms with E-state index in [9.17, 15) is 13.9 Å². The largest absolute Gasteiger partial charge is 0.385 e. The molecule has 2 rings (SSSR count). The second kappa shape index (κ2) is 4.13. The predicted molar refractivity (Wildman–Crippen MR) is 57.9 cm³/mol. The summed E-state index contributed by atoms with van der Waals surface area (Å²) in [4.78, 5) is 0. The van der Waals surface area contributed by atoms with Gasteiger partial charge >= 0.3 is 0 Å². The van der Waals surface area contributed by atoms with E-state index in [4.69, 9.17) is 0 Å². The second-order valence-corrected chi connectivity index (χ2v) is 4.90. The van der Waals surface area contributed by atoms with Gasteiger partial charge in [0.1, 0.15) is 0 Å². The van der Waals surface area contributed by atoms with E-state index in [0.717, 1.165) is 25.0 Å². The molecule has 1 aromatic carbocycles. The molecule has 1 atom stereocenters. The Morgan fingerprint density at radius 1 is 1.31 bits per heavy atom. The van der Waals surface area contributed by atoms with Crippen LogP contribution in [0.3, 0.4) is 0 Å². The van der Waals surface area contributed by atoms with Gasteiger partial charge in [0.15, 0.2) is 11.6 Å². The fraction of sp³-hybridized carbons (Fsp3) is 0.538. The molecule has 1 aliphatic carbocycles. The Balaban J connectivity index is 2.16. The van der Waals surface area contributed by atoms with Gasteiger partial charge in [-0.05, 0) is 37.0 Å². The molecule has 16 heavy (non-hydrogen) atoms. The normalized spacial score (nSPS) is 20.2. The summed E-state index contributed by atoms with van der Waals surface area (Å²) in [5, 5.41) is 10.2. The van der Waals surface area contributed by atoms with Crippen molar-refractivity contribution in [3.63, 3.8) is 0 Å². The summed E-state index contributed by atoms with van der Waals surface area (Å²) in [5.74, 6) is -1.25. The predicted octanol–water partition coefficient (Wildman–Crippen LogP) is 3.36. The topological polar surface area (TPSA) is 20.2 Å². The summed E-state index contributed by atoms with van der Waals surface area (Å²) in [5.41, 5.74) is -0.599. The van der Waals surface area contributed by atoms with Crippen LogP contribution in [-0.2, 0) is 5.60 Å². The van der Waals surface area contributed by atoms with Crippen molar-refractivity contribution in [3.8, 4) is 0 Å². The van der Waals surface area contributed by atoms with Gasteiger partial charge in [-0.15, -0.1) is 0 Å². The van der Waals surface area contributed by atoms with Crippen molar-refractivity contribution in [2.45, 2.75) is 38.2 Å². The molecule has 1 nitrogen and oxygen atoms in total. The van der Waals surface area contributed by atoms with E-state index < -0.39 is 17.2 Å². The third-order valence-electron chi connectivity index (χ3n) is 3.45. The first kappa shape index (κ1) is 11.5. The first-order valence-electron chi connectivity index (χ1n) is 5.67. The Hall–Kier alpha value is -0.960. The van der Waals surface area contributed by atoms with Crippen LogP contribution in [0.2, 0.25) is 0 Å². The van der Waals surface area contributed by atoms with Crippen LogP contribution in [0.1, 0.15) is 38.2 Å². The van der Waals surface area contributed by atoms with E-state index >= 15 is 0 Å². The van der Waals surface area contributed by atoms with E-state index in [2.05, 4.69) is 0 Å². The number of aliphatic hydroxyl groups is 1. The van der Waals surface area contributed by atoms with Crippen LogP contribution in [0.25, 0.3) is 0 Å². The molecule has 1 aliphatic rings. The zero-order chi connectivity index (χ0) is 11.8. The van der Waals surface area contributed by atoms with Gasteiger partial charge in [-0.2, -0.15) is 0 Å². The number of hydrogen-bond acceptors (Lipinski definition) is 1. The van der Waals surface area contributed by atoms with Crippen molar-refractivity contribution in [1.82, 2.24) is 0 Å². The zero-order valence-electron chi connectivity index (χ0n) is 9.34. The van der Waals surface area contributed by atoms with E-state index in [1.165, 1.54) is 12.5 Å². The monoisotopic (exact) mass is 226 g/mol. The van der Waals surface area contributed by atoms with Crippen LogP contribution >= 0.6 is 0 Å². The fourth-order valence-corrected chi connectivity index (χ4v) is 2.21. The van der Waals surface area contributed by atoms with Crippen molar-refractivity contribution in [2.75, 3.05) is 0 Å². The zero-order valence-corrected chi connectivity index (χ0v) is 9.34. The average molecular weight is 226 g/mol. The van der Waals surface area contributed by atoms with Crippen LogP contribution in [0.15, 0.2) is 18.2 Å². The van der Waals surface area contributed by atoms with Crippen molar-refractivity contribution in [3.05, 3.63) is 35.4 Å². The molecule has 0 aliphatic heterocycles.